The zero-order valence-corrected chi connectivity index (χ0v) is 39.4. The molecule has 0 saturated carbocycles. The number of hydrogen-bond donors (Lipinski definition) is 3. The zero-order valence-electron chi connectivity index (χ0n) is 39.4. The highest BCUT2D eigenvalue weighted by molar-refractivity contribution is 6.31. The summed E-state index contributed by atoms with van der Waals surface area (Å²) in [6.07, 6.45) is 7.25. The number of aromatic nitrogens is 1. The SMILES string of the molecule is C=CCCC(C(=O)NC)N(C=O)c1ccc(C#CCOCCN2CCN(c3ccc(N=C4/C(=C\N=C)C(=O)N(CC=C)N4c4ccc5c(n4)C(O)CC5)cc3)CC2)cc1N(C)C.CC.CN. The monoisotopic (exact) mass is 902 g/mol. The molecule has 1 aromatic heterocycles. The Morgan fingerprint density at radius 2 is 1.79 bits per heavy atom. The van der Waals surface area contributed by atoms with Gasteiger partial charge in [-0.1, -0.05) is 43.9 Å². The Morgan fingerprint density at radius 1 is 1.06 bits per heavy atom. The molecular formula is C50H67N11O5. The third-order valence-electron chi connectivity index (χ3n) is 11.0. The van der Waals surface area contributed by atoms with Gasteiger partial charge >= 0.3 is 0 Å². The number of pyridine rings is 1. The fourth-order valence-electron chi connectivity index (χ4n) is 7.78. The largest absolute Gasteiger partial charge is 0.387 e. The molecule has 2 fully saturated rings. The minimum absolute atomic E-state index is 0.220. The van der Waals surface area contributed by atoms with Gasteiger partial charge in [-0.05, 0) is 93.5 Å². The van der Waals surface area contributed by atoms with Gasteiger partial charge in [-0.2, -0.15) is 0 Å². The summed E-state index contributed by atoms with van der Waals surface area (Å²) >= 11 is 0. The normalized spacial score (nSPS) is 17.1. The van der Waals surface area contributed by atoms with E-state index in [1.54, 1.807) is 24.2 Å². The van der Waals surface area contributed by atoms with E-state index in [-0.39, 0.29) is 30.5 Å². The molecule has 2 aliphatic heterocycles. The number of amidine groups is 1. The predicted molar refractivity (Wildman–Crippen MR) is 267 cm³/mol. The van der Waals surface area contributed by atoms with Gasteiger partial charge in [-0.25, -0.2) is 20.0 Å². The second kappa shape index (κ2) is 26.4. The van der Waals surface area contributed by atoms with Crippen molar-refractivity contribution in [3.05, 3.63) is 109 Å². The van der Waals surface area contributed by atoms with Crippen LogP contribution in [0.4, 0.5) is 28.6 Å². The topological polar surface area (TPSA) is 176 Å². The first-order valence-corrected chi connectivity index (χ1v) is 22.4. The lowest BCUT2D eigenvalue weighted by molar-refractivity contribution is -0.125. The second-order valence-electron chi connectivity index (χ2n) is 15.2. The van der Waals surface area contributed by atoms with E-state index in [1.165, 1.54) is 23.2 Å². The van der Waals surface area contributed by atoms with E-state index in [2.05, 4.69) is 57.6 Å². The predicted octanol–water partition coefficient (Wildman–Crippen LogP) is 5.03. The number of nitrogens with one attached hydrogen (secondary N) is 1. The lowest BCUT2D eigenvalue weighted by Crippen LogP contribution is -2.47. The number of allylic oxidation sites excluding steroid dienone is 1. The number of fused-ring (bicyclic) bond motifs is 1. The van der Waals surface area contributed by atoms with Crippen LogP contribution >= 0.6 is 0 Å². The Hall–Kier alpha value is -6.64. The number of aliphatic imine (C=N–C) groups is 2. The molecule has 16 heteroatoms. The van der Waals surface area contributed by atoms with Crippen molar-refractivity contribution in [2.24, 2.45) is 15.7 Å². The molecule has 3 heterocycles. The molecule has 0 radical (unpaired) electrons. The Kier molecular flexibility index (Phi) is 20.8. The Bertz CT molecular complexity index is 2260. The minimum Gasteiger partial charge on any atom is -0.387 e. The molecule has 66 heavy (non-hydrogen) atoms. The Morgan fingerprint density at radius 3 is 2.42 bits per heavy atom. The lowest BCUT2D eigenvalue weighted by Gasteiger charge is -2.36. The van der Waals surface area contributed by atoms with Crippen LogP contribution in [0.3, 0.4) is 0 Å². The molecule has 2 atom stereocenters. The number of aliphatic hydroxyl groups excluding tert-OH is 1. The molecule has 6 rings (SSSR count). The number of nitrogens with zero attached hydrogens (tertiary/aromatic N) is 9. The molecule has 4 N–H and O–H groups in total. The number of likely N-dealkylation sites (N-methyl/N-ethyl adjacent to an activating group) is 1. The Balaban J connectivity index is 0.00000232. The van der Waals surface area contributed by atoms with Gasteiger partial charge in [0.1, 0.15) is 18.2 Å². The van der Waals surface area contributed by atoms with Crippen molar-refractivity contribution in [2.75, 3.05) is 100 Å². The van der Waals surface area contributed by atoms with Gasteiger partial charge in [0, 0.05) is 71.3 Å². The van der Waals surface area contributed by atoms with Crippen LogP contribution in [0.15, 0.2) is 102 Å². The van der Waals surface area contributed by atoms with Crippen molar-refractivity contribution in [2.45, 2.75) is 51.7 Å². The minimum atomic E-state index is -0.668. The standard InChI is InChI=1S/C47H56N10O5.C2H6.CH5N/c1-7-9-12-40(46(60)49-4)55(33-58)39-20-13-34(31-41(39)52(5)6)11-10-29-62-30-28-53-24-26-54(27-25-53)37-18-16-36(17-19-37)50-45-38(32-48-3)47(61)56(23-8-2)57(45)43-22-15-35-14-21-42(59)44(35)51-43;2*1-2/h7-8,13,15-20,22,31-33,40,42,59H,1-3,9,12,14,21,23-30H2,4-6H3,(H,49,60);1-2H3;2H2,1H3/b38-32+,50-45?;;. The van der Waals surface area contributed by atoms with Gasteiger partial charge in [0.25, 0.3) is 5.91 Å². The van der Waals surface area contributed by atoms with E-state index >= 15 is 0 Å². The molecule has 1 aliphatic carbocycles. The quantitative estimate of drug-likeness (QED) is 0.0390. The lowest BCUT2D eigenvalue weighted by atomic mass is 10.1. The average Bonchev–Trinajstić information content (AvgIpc) is 3.84. The summed E-state index contributed by atoms with van der Waals surface area (Å²) in [6.45, 7) is 20.5. The van der Waals surface area contributed by atoms with E-state index in [4.69, 9.17) is 14.7 Å². The molecule has 352 valence electrons. The van der Waals surface area contributed by atoms with Crippen LogP contribution < -0.4 is 30.8 Å². The summed E-state index contributed by atoms with van der Waals surface area (Å²) < 4.78 is 5.89. The van der Waals surface area contributed by atoms with Gasteiger partial charge in [0.05, 0.1) is 42.0 Å². The number of nitrogens with two attached hydrogens (primary N) is 1. The summed E-state index contributed by atoms with van der Waals surface area (Å²) in [5, 5.41) is 16.4. The highest BCUT2D eigenvalue weighted by Crippen LogP contribution is 2.35. The zero-order chi connectivity index (χ0) is 48.2. The number of piperazine rings is 1. The third-order valence-corrected chi connectivity index (χ3v) is 11.0. The van der Waals surface area contributed by atoms with E-state index in [0.717, 1.165) is 61.6 Å². The summed E-state index contributed by atoms with van der Waals surface area (Å²) in [7, 11) is 6.84. The molecular weight excluding hydrogens is 835 g/mol. The van der Waals surface area contributed by atoms with Gasteiger partial charge in [-0.15, -0.1) is 13.2 Å². The molecule has 2 saturated heterocycles. The molecule has 2 aromatic carbocycles. The first-order chi connectivity index (χ1) is 32.1. The van der Waals surface area contributed by atoms with Crippen molar-refractivity contribution in [3.8, 4) is 11.8 Å². The molecule has 3 aromatic rings. The second-order valence-corrected chi connectivity index (χ2v) is 15.2. The van der Waals surface area contributed by atoms with Crippen molar-refractivity contribution >= 4 is 59.3 Å². The van der Waals surface area contributed by atoms with Crippen LogP contribution in [-0.2, 0) is 25.5 Å². The van der Waals surface area contributed by atoms with Crippen LogP contribution in [-0.4, -0.2) is 137 Å². The maximum atomic E-state index is 13.6. The number of ether oxygens (including phenoxy) is 1. The van der Waals surface area contributed by atoms with Crippen molar-refractivity contribution in [3.63, 3.8) is 0 Å². The van der Waals surface area contributed by atoms with Gasteiger partial charge in [-0.3, -0.25) is 24.3 Å². The van der Waals surface area contributed by atoms with Crippen LogP contribution in [0.2, 0.25) is 0 Å². The van der Waals surface area contributed by atoms with Gasteiger partial charge in [0.2, 0.25) is 12.3 Å². The van der Waals surface area contributed by atoms with Crippen LogP contribution in [0, 0.1) is 11.8 Å². The van der Waals surface area contributed by atoms with Crippen LogP contribution in [0.1, 0.15) is 56.0 Å². The van der Waals surface area contributed by atoms with E-state index < -0.39 is 12.1 Å². The molecule has 3 amide bonds. The summed E-state index contributed by atoms with van der Waals surface area (Å²) in [5.41, 5.74) is 10.3. The number of hydrazine groups is 1. The molecule has 16 nitrogen and oxygen atoms in total. The van der Waals surface area contributed by atoms with Gasteiger partial charge < -0.3 is 35.6 Å². The Labute approximate surface area is 390 Å². The molecule has 0 bridgehead atoms. The third kappa shape index (κ3) is 12.8. The number of rotatable bonds is 18. The summed E-state index contributed by atoms with van der Waals surface area (Å²) in [5.74, 6) is 6.57. The number of amides is 3. The van der Waals surface area contributed by atoms with Crippen molar-refractivity contribution in [1.29, 1.82) is 0 Å². The molecule has 2 unspecified atom stereocenters. The van der Waals surface area contributed by atoms with Crippen molar-refractivity contribution < 1.29 is 24.2 Å². The van der Waals surface area contributed by atoms with E-state index in [1.807, 2.05) is 87.4 Å². The van der Waals surface area contributed by atoms with Crippen LogP contribution in [0.25, 0.3) is 0 Å². The summed E-state index contributed by atoms with van der Waals surface area (Å²) in [6, 6.07) is 16.7. The first-order valence-electron chi connectivity index (χ1n) is 22.4. The smallest absolute Gasteiger partial charge is 0.278 e. The number of benzene rings is 2. The maximum Gasteiger partial charge on any atom is 0.278 e. The maximum absolute atomic E-state index is 13.6. The van der Waals surface area contributed by atoms with Crippen molar-refractivity contribution in [1.82, 2.24) is 20.2 Å². The number of carbonyl (C=O) groups is 3. The number of carbonyl (C=O) groups excluding carboxylic acids is 3. The number of aryl methyl sites for hydroxylation is 1. The van der Waals surface area contributed by atoms with E-state index in [9.17, 15) is 19.5 Å². The average molecular weight is 902 g/mol. The first kappa shape index (κ1) is 52.0. The highest BCUT2D eigenvalue weighted by atomic mass is 16.5. The molecule has 0 spiro atoms. The van der Waals surface area contributed by atoms with Gasteiger partial charge in [0.15, 0.2) is 11.7 Å². The summed E-state index contributed by atoms with van der Waals surface area (Å²) in [4.78, 5) is 60.3. The van der Waals surface area contributed by atoms with E-state index in [0.29, 0.717) is 61.0 Å². The molecule has 3 aliphatic rings. The number of aliphatic hydroxyl groups is 1. The van der Waals surface area contributed by atoms with Crippen LogP contribution in [0.5, 0.6) is 0 Å². The fraction of sp³-hybridized carbons (Fsp3) is 0.400. The number of anilines is 4. The fourth-order valence-corrected chi connectivity index (χ4v) is 7.78. The highest BCUT2D eigenvalue weighted by Gasteiger charge is 2.41. The number of hydrogen-bond acceptors (Lipinski definition) is 12.